The van der Waals surface area contributed by atoms with Crippen LogP contribution in [-0.4, -0.2) is 86.3 Å². The number of imide groups is 2. The molecule has 4 rings (SSSR count). The molecular formula is C32H44N3O4Si+. The lowest BCUT2D eigenvalue weighted by Crippen LogP contribution is -2.43. The van der Waals surface area contributed by atoms with Crippen molar-refractivity contribution < 1.29 is 23.7 Å². The molecule has 4 amide bonds. The Morgan fingerprint density at radius 2 is 0.925 bits per heavy atom. The molecule has 0 radical (unpaired) electrons. The highest BCUT2D eigenvalue weighted by Crippen LogP contribution is 2.26. The Morgan fingerprint density at radius 3 is 1.40 bits per heavy atom. The standard InChI is InChI=1S/C32H44N3O4Si/c1-35(2,22-13-19-33-29(36)25-15-7-8-16-26(25)30(33)37)21-11-5-6-12-23-40(3,4)24-14-20-34-31(38)27-17-9-10-18-28(27)32(34)39/h7-10,15-18H,5-6,11-14,19-24H2,1-4H3/q+1. The van der Waals surface area contributed by atoms with E-state index in [0.717, 1.165) is 36.5 Å². The average molecular weight is 563 g/mol. The van der Waals surface area contributed by atoms with Crippen LogP contribution in [0.2, 0.25) is 25.2 Å². The van der Waals surface area contributed by atoms with Crippen LogP contribution in [0.4, 0.5) is 0 Å². The minimum absolute atomic E-state index is 0.148. The van der Waals surface area contributed by atoms with Gasteiger partial charge in [-0.1, -0.05) is 62.3 Å². The van der Waals surface area contributed by atoms with Crippen molar-refractivity contribution in [2.75, 3.05) is 40.3 Å². The summed E-state index contributed by atoms with van der Waals surface area (Å²) in [4.78, 5) is 53.1. The summed E-state index contributed by atoms with van der Waals surface area (Å²) in [5.74, 6) is -0.628. The van der Waals surface area contributed by atoms with E-state index in [-0.39, 0.29) is 23.6 Å². The maximum atomic E-state index is 12.6. The summed E-state index contributed by atoms with van der Waals surface area (Å²) in [5, 5.41) is 0. The number of carbonyl (C=O) groups is 4. The second kappa shape index (κ2) is 12.6. The molecule has 2 aliphatic rings. The summed E-state index contributed by atoms with van der Waals surface area (Å²) in [6.45, 7) is 7.85. The molecule has 40 heavy (non-hydrogen) atoms. The number of nitrogens with zero attached hydrogens (tertiary/aromatic N) is 3. The molecule has 2 heterocycles. The van der Waals surface area contributed by atoms with Gasteiger partial charge in [-0.2, -0.15) is 0 Å². The van der Waals surface area contributed by atoms with Crippen LogP contribution >= 0.6 is 0 Å². The van der Waals surface area contributed by atoms with E-state index in [0.29, 0.717) is 35.3 Å². The predicted octanol–water partition coefficient (Wildman–Crippen LogP) is 5.70. The number of amides is 4. The topological polar surface area (TPSA) is 74.8 Å². The summed E-state index contributed by atoms with van der Waals surface area (Å²) < 4.78 is 0.890. The molecule has 0 N–H and O–H groups in total. The van der Waals surface area contributed by atoms with Crippen molar-refractivity contribution in [1.82, 2.24) is 9.80 Å². The summed E-state index contributed by atoms with van der Waals surface area (Å²) >= 11 is 0. The largest absolute Gasteiger partial charge is 0.328 e. The third kappa shape index (κ3) is 6.96. The fourth-order valence-electron chi connectivity index (χ4n) is 5.99. The summed E-state index contributed by atoms with van der Waals surface area (Å²) in [5.41, 5.74) is 2.12. The van der Waals surface area contributed by atoms with E-state index in [4.69, 9.17) is 0 Å². The zero-order valence-corrected chi connectivity index (χ0v) is 25.6. The fraction of sp³-hybridized carbons (Fsp3) is 0.500. The highest BCUT2D eigenvalue weighted by Gasteiger charge is 2.36. The number of carbonyl (C=O) groups excluding carboxylic acids is 4. The minimum atomic E-state index is -1.37. The molecule has 0 aromatic heterocycles. The van der Waals surface area contributed by atoms with Gasteiger partial charge in [0.25, 0.3) is 23.6 Å². The Morgan fingerprint density at radius 1 is 0.550 bits per heavy atom. The minimum Gasteiger partial charge on any atom is -0.328 e. The quantitative estimate of drug-likeness (QED) is 0.121. The SMILES string of the molecule is C[N+](C)(CCCCCC[Si](C)(C)CCCN1C(=O)c2ccccc2C1=O)CCCN1C(=O)c2ccccc2C1=O. The Hall–Kier alpha value is -3.10. The molecule has 0 bridgehead atoms. The summed E-state index contributed by atoms with van der Waals surface area (Å²) in [6, 6.07) is 16.6. The zero-order valence-electron chi connectivity index (χ0n) is 24.6. The second-order valence-electron chi connectivity index (χ2n) is 12.8. The third-order valence-corrected chi connectivity index (χ3v) is 11.9. The van der Waals surface area contributed by atoms with Gasteiger partial charge < -0.3 is 4.48 Å². The van der Waals surface area contributed by atoms with Crippen molar-refractivity contribution in [1.29, 1.82) is 0 Å². The Kier molecular flexibility index (Phi) is 9.41. The fourth-order valence-corrected chi connectivity index (χ4v) is 8.56. The molecule has 8 heteroatoms. The molecule has 0 fully saturated rings. The molecule has 214 valence electrons. The van der Waals surface area contributed by atoms with Gasteiger partial charge in [0.1, 0.15) is 0 Å². The molecule has 0 unspecified atom stereocenters. The number of fused-ring (bicyclic) bond motifs is 2. The summed E-state index contributed by atoms with van der Waals surface area (Å²) in [6.07, 6.45) is 6.53. The molecule has 0 saturated heterocycles. The highest BCUT2D eigenvalue weighted by atomic mass is 28.3. The molecule has 0 aliphatic carbocycles. The van der Waals surface area contributed by atoms with Gasteiger partial charge in [0.2, 0.25) is 0 Å². The number of unbranched alkanes of at least 4 members (excludes halogenated alkanes) is 3. The first-order valence-corrected chi connectivity index (χ1v) is 18.1. The number of hydrogen-bond donors (Lipinski definition) is 0. The van der Waals surface area contributed by atoms with Gasteiger partial charge in [-0.25, -0.2) is 0 Å². The predicted molar refractivity (Wildman–Crippen MR) is 160 cm³/mol. The lowest BCUT2D eigenvalue weighted by molar-refractivity contribution is -0.890. The Balaban J connectivity index is 1.07. The van der Waals surface area contributed by atoms with Gasteiger partial charge >= 0.3 is 0 Å². The van der Waals surface area contributed by atoms with Crippen molar-refractivity contribution in [2.45, 2.75) is 63.7 Å². The van der Waals surface area contributed by atoms with E-state index in [1.807, 2.05) is 12.1 Å². The maximum Gasteiger partial charge on any atom is 0.261 e. The number of hydrogen-bond acceptors (Lipinski definition) is 4. The van der Waals surface area contributed by atoms with Gasteiger partial charge in [0.05, 0.1) is 49.4 Å². The molecule has 0 saturated carbocycles. The lowest BCUT2D eigenvalue weighted by Gasteiger charge is -2.30. The monoisotopic (exact) mass is 562 g/mol. The average Bonchev–Trinajstić information content (AvgIpc) is 3.31. The third-order valence-electron chi connectivity index (χ3n) is 8.50. The maximum absolute atomic E-state index is 12.6. The lowest BCUT2D eigenvalue weighted by atomic mass is 10.1. The van der Waals surface area contributed by atoms with Gasteiger partial charge in [-0.05, 0) is 43.5 Å². The van der Waals surface area contributed by atoms with Gasteiger partial charge in [0.15, 0.2) is 0 Å². The van der Waals surface area contributed by atoms with E-state index in [1.165, 1.54) is 41.5 Å². The van der Waals surface area contributed by atoms with Crippen molar-refractivity contribution in [3.8, 4) is 0 Å². The van der Waals surface area contributed by atoms with Crippen LogP contribution in [0.3, 0.4) is 0 Å². The highest BCUT2D eigenvalue weighted by molar-refractivity contribution is 6.77. The molecule has 0 atom stereocenters. The first kappa shape index (κ1) is 29.9. The molecule has 0 spiro atoms. The first-order chi connectivity index (χ1) is 19.0. The van der Waals surface area contributed by atoms with E-state index >= 15 is 0 Å². The number of benzene rings is 2. The molecule has 2 aliphatic heterocycles. The number of rotatable bonds is 15. The van der Waals surface area contributed by atoms with Crippen molar-refractivity contribution in [3.05, 3.63) is 70.8 Å². The second-order valence-corrected chi connectivity index (χ2v) is 18.1. The molecular weight excluding hydrogens is 518 g/mol. The summed E-state index contributed by atoms with van der Waals surface area (Å²) in [7, 11) is 3.08. The Bertz CT molecular complexity index is 1100. The smallest absolute Gasteiger partial charge is 0.261 e. The van der Waals surface area contributed by atoms with E-state index in [1.54, 1.807) is 36.4 Å². The normalized spacial score (nSPS) is 15.3. The first-order valence-electron chi connectivity index (χ1n) is 14.7. The van der Waals surface area contributed by atoms with Crippen LogP contribution in [0.1, 0.15) is 80.0 Å². The van der Waals surface area contributed by atoms with E-state index in [9.17, 15) is 19.2 Å². The van der Waals surface area contributed by atoms with Crippen LogP contribution in [-0.2, 0) is 0 Å². The molecule has 2 aromatic carbocycles. The van der Waals surface area contributed by atoms with Crippen LogP contribution in [0, 0.1) is 0 Å². The van der Waals surface area contributed by atoms with Crippen molar-refractivity contribution in [3.63, 3.8) is 0 Å². The van der Waals surface area contributed by atoms with E-state index < -0.39 is 8.07 Å². The Labute approximate surface area is 239 Å². The van der Waals surface area contributed by atoms with Crippen LogP contribution < -0.4 is 0 Å². The van der Waals surface area contributed by atoms with Gasteiger partial charge in [0, 0.05) is 27.6 Å². The van der Waals surface area contributed by atoms with Gasteiger partial charge in [-0.3, -0.25) is 29.0 Å². The molecule has 2 aromatic rings. The van der Waals surface area contributed by atoms with Crippen LogP contribution in [0.15, 0.2) is 48.5 Å². The van der Waals surface area contributed by atoms with E-state index in [2.05, 4.69) is 27.2 Å². The zero-order chi connectivity index (χ0) is 28.9. The van der Waals surface area contributed by atoms with Crippen LogP contribution in [0.5, 0.6) is 0 Å². The molecule has 7 nitrogen and oxygen atoms in total. The number of quaternary nitrogens is 1. The van der Waals surface area contributed by atoms with Crippen LogP contribution in [0.25, 0.3) is 0 Å². The van der Waals surface area contributed by atoms with Crippen molar-refractivity contribution >= 4 is 31.7 Å². The van der Waals surface area contributed by atoms with Gasteiger partial charge in [-0.15, -0.1) is 0 Å². The van der Waals surface area contributed by atoms with Crippen molar-refractivity contribution in [2.24, 2.45) is 0 Å².